The summed E-state index contributed by atoms with van der Waals surface area (Å²) in [5.41, 5.74) is 6.39. The van der Waals surface area contributed by atoms with Crippen molar-refractivity contribution < 1.29 is 0 Å². The van der Waals surface area contributed by atoms with E-state index in [4.69, 9.17) is 4.98 Å². The highest BCUT2D eigenvalue weighted by molar-refractivity contribution is 6.93. The van der Waals surface area contributed by atoms with Gasteiger partial charge in [-0.2, -0.15) is 0 Å². The van der Waals surface area contributed by atoms with Crippen LogP contribution in [-0.2, 0) is 6.42 Å². The summed E-state index contributed by atoms with van der Waals surface area (Å²) in [5.74, 6) is 0.673. The van der Waals surface area contributed by atoms with Crippen molar-refractivity contribution >= 4 is 13.3 Å². The van der Waals surface area contributed by atoms with Crippen molar-refractivity contribution in [3.05, 3.63) is 72.4 Å². The minimum Gasteiger partial charge on any atom is -0.256 e. The molecule has 3 aromatic rings. The van der Waals surface area contributed by atoms with E-state index in [0.717, 1.165) is 12.1 Å². The molecule has 0 radical (unpaired) electrons. The van der Waals surface area contributed by atoms with E-state index in [-0.39, 0.29) is 0 Å². The summed E-state index contributed by atoms with van der Waals surface area (Å²) in [6, 6.07) is 24.7. The van der Waals surface area contributed by atoms with Crippen LogP contribution in [0.3, 0.4) is 0 Å². The Bertz CT molecular complexity index is 926. The van der Waals surface area contributed by atoms with E-state index in [1.807, 2.05) is 0 Å². The molecule has 1 aliphatic heterocycles. The molecule has 0 N–H and O–H groups in total. The topological polar surface area (TPSA) is 12.9 Å². The summed E-state index contributed by atoms with van der Waals surface area (Å²) < 4.78 is 0. The molecule has 1 fully saturated rings. The molecule has 0 saturated carbocycles. The summed E-state index contributed by atoms with van der Waals surface area (Å²) in [7, 11) is -1.23. The average Bonchev–Trinajstić information content (AvgIpc) is 2.66. The van der Waals surface area contributed by atoms with Crippen LogP contribution in [0.1, 0.15) is 25.8 Å². The van der Waals surface area contributed by atoms with Crippen LogP contribution in [0.2, 0.25) is 18.6 Å². The summed E-state index contributed by atoms with van der Waals surface area (Å²) in [6.45, 7) is 7.20. The third-order valence-electron chi connectivity index (χ3n) is 5.99. The predicted octanol–water partition coefficient (Wildman–Crippen LogP) is 6.30. The van der Waals surface area contributed by atoms with Gasteiger partial charge in [0.15, 0.2) is 0 Å². The van der Waals surface area contributed by atoms with E-state index in [9.17, 15) is 0 Å². The lowest BCUT2D eigenvalue weighted by Gasteiger charge is -2.38. The fourth-order valence-corrected chi connectivity index (χ4v) is 7.55. The van der Waals surface area contributed by atoms with Crippen molar-refractivity contribution in [3.63, 3.8) is 0 Å². The van der Waals surface area contributed by atoms with Gasteiger partial charge >= 0.3 is 0 Å². The van der Waals surface area contributed by atoms with Gasteiger partial charge in [0.2, 0.25) is 0 Å². The number of pyridine rings is 1. The zero-order valence-electron chi connectivity index (χ0n) is 16.7. The Hall–Kier alpha value is -2.19. The van der Waals surface area contributed by atoms with E-state index in [1.54, 1.807) is 10.8 Å². The Morgan fingerprint density at radius 3 is 2.26 bits per heavy atom. The number of rotatable bonds is 5. The Kier molecular flexibility index (Phi) is 5.01. The fourth-order valence-electron chi connectivity index (χ4n) is 4.27. The number of aromatic nitrogens is 1. The van der Waals surface area contributed by atoms with Gasteiger partial charge in [-0.15, -0.1) is 0 Å². The lowest BCUT2D eigenvalue weighted by Crippen LogP contribution is -2.52. The Morgan fingerprint density at radius 2 is 1.59 bits per heavy atom. The van der Waals surface area contributed by atoms with Crippen LogP contribution >= 0.6 is 0 Å². The standard InChI is InChI=1S/C25H29NSi/c1-19(2)15-23-17-24(26-18-25(23)27(3)13-8-14-27)22-12-7-11-21(16-22)20-9-5-4-6-10-20/h4-7,9-12,16-19H,8,13-15H2,1-3H3. The molecule has 0 aliphatic carbocycles. The third kappa shape index (κ3) is 3.77. The average molecular weight is 372 g/mol. The van der Waals surface area contributed by atoms with Gasteiger partial charge in [0, 0.05) is 11.8 Å². The molecule has 1 nitrogen and oxygen atoms in total. The molecule has 0 unspecified atom stereocenters. The molecular formula is C25H29NSi. The molecule has 2 heterocycles. The van der Waals surface area contributed by atoms with Crippen LogP contribution in [0.5, 0.6) is 0 Å². The highest BCUT2D eigenvalue weighted by atomic mass is 28.3. The first-order valence-corrected chi connectivity index (χ1v) is 13.1. The number of benzene rings is 2. The lowest BCUT2D eigenvalue weighted by atomic mass is 9.99. The molecule has 0 amide bonds. The number of hydrogen-bond acceptors (Lipinski definition) is 1. The SMILES string of the molecule is CC(C)Cc1cc(-c2cccc(-c3ccccc3)c2)ncc1[Si]1(C)CCC1. The summed E-state index contributed by atoms with van der Waals surface area (Å²) in [6.07, 6.45) is 4.80. The third-order valence-corrected chi connectivity index (χ3v) is 10.7. The summed E-state index contributed by atoms with van der Waals surface area (Å²) in [4.78, 5) is 4.93. The quantitative estimate of drug-likeness (QED) is 0.479. The van der Waals surface area contributed by atoms with E-state index >= 15 is 0 Å². The Balaban J connectivity index is 1.74. The van der Waals surface area contributed by atoms with Gasteiger partial charge < -0.3 is 0 Å². The largest absolute Gasteiger partial charge is 0.256 e. The number of hydrogen-bond donors (Lipinski definition) is 0. The van der Waals surface area contributed by atoms with Crippen LogP contribution in [-0.4, -0.2) is 13.1 Å². The molecule has 1 aromatic heterocycles. The second-order valence-corrected chi connectivity index (χ2v) is 13.3. The Labute approximate surface area is 164 Å². The first kappa shape index (κ1) is 18.2. The highest BCUT2D eigenvalue weighted by Gasteiger charge is 2.38. The van der Waals surface area contributed by atoms with E-state index in [0.29, 0.717) is 5.92 Å². The maximum Gasteiger partial charge on any atom is 0.0860 e. The van der Waals surface area contributed by atoms with Crippen molar-refractivity contribution in [2.75, 3.05) is 0 Å². The summed E-state index contributed by atoms with van der Waals surface area (Å²) in [5, 5.41) is 1.62. The van der Waals surface area contributed by atoms with Crippen molar-refractivity contribution in [3.8, 4) is 22.4 Å². The second kappa shape index (κ2) is 7.44. The molecule has 1 aliphatic rings. The smallest absolute Gasteiger partial charge is 0.0860 e. The molecular weight excluding hydrogens is 342 g/mol. The lowest BCUT2D eigenvalue weighted by molar-refractivity contribution is 0.648. The molecule has 2 heteroatoms. The maximum atomic E-state index is 4.93. The van der Waals surface area contributed by atoms with Crippen LogP contribution in [0.25, 0.3) is 22.4 Å². The monoisotopic (exact) mass is 371 g/mol. The van der Waals surface area contributed by atoms with Gasteiger partial charge in [0.25, 0.3) is 0 Å². The van der Waals surface area contributed by atoms with Crippen molar-refractivity contribution in [1.82, 2.24) is 4.98 Å². The van der Waals surface area contributed by atoms with E-state index in [1.165, 1.54) is 35.2 Å². The van der Waals surface area contributed by atoms with Crippen molar-refractivity contribution in [1.29, 1.82) is 0 Å². The van der Waals surface area contributed by atoms with Gasteiger partial charge in [-0.25, -0.2) is 0 Å². The molecule has 2 aromatic carbocycles. The van der Waals surface area contributed by atoms with Gasteiger partial charge in [-0.05, 0) is 46.3 Å². The predicted molar refractivity (Wildman–Crippen MR) is 119 cm³/mol. The number of nitrogens with zero attached hydrogens (tertiary/aromatic N) is 1. The first-order chi connectivity index (χ1) is 13.0. The molecule has 4 rings (SSSR count). The summed E-state index contributed by atoms with van der Waals surface area (Å²) >= 11 is 0. The van der Waals surface area contributed by atoms with Crippen LogP contribution in [0.4, 0.5) is 0 Å². The van der Waals surface area contributed by atoms with Gasteiger partial charge in [-0.1, -0.05) is 87.4 Å². The molecule has 0 bridgehead atoms. The minimum absolute atomic E-state index is 0.673. The zero-order valence-corrected chi connectivity index (χ0v) is 17.7. The highest BCUT2D eigenvalue weighted by Crippen LogP contribution is 2.34. The molecule has 0 atom stereocenters. The zero-order chi connectivity index (χ0) is 18.9. The molecule has 1 saturated heterocycles. The maximum absolute atomic E-state index is 4.93. The van der Waals surface area contributed by atoms with Gasteiger partial charge in [0.1, 0.15) is 0 Å². The minimum atomic E-state index is -1.23. The van der Waals surface area contributed by atoms with Crippen LogP contribution in [0, 0.1) is 5.92 Å². The normalized spacial score (nSPS) is 15.6. The van der Waals surface area contributed by atoms with Gasteiger partial charge in [0.05, 0.1) is 13.8 Å². The molecule has 27 heavy (non-hydrogen) atoms. The Morgan fingerprint density at radius 1 is 0.889 bits per heavy atom. The van der Waals surface area contributed by atoms with E-state index in [2.05, 4.69) is 87.3 Å². The fraction of sp³-hybridized carbons (Fsp3) is 0.320. The van der Waals surface area contributed by atoms with Crippen LogP contribution < -0.4 is 5.19 Å². The van der Waals surface area contributed by atoms with E-state index < -0.39 is 8.07 Å². The van der Waals surface area contributed by atoms with Crippen LogP contribution in [0.15, 0.2) is 66.9 Å². The van der Waals surface area contributed by atoms with Crippen molar-refractivity contribution in [2.45, 2.75) is 45.3 Å². The molecule has 138 valence electrons. The first-order valence-electron chi connectivity index (χ1n) is 10.2. The second-order valence-electron chi connectivity index (χ2n) is 8.69. The van der Waals surface area contributed by atoms with Gasteiger partial charge in [-0.3, -0.25) is 4.98 Å². The molecule has 0 spiro atoms. The van der Waals surface area contributed by atoms with Crippen molar-refractivity contribution in [2.24, 2.45) is 5.92 Å².